The second-order valence-corrected chi connectivity index (χ2v) is 4.29. The Morgan fingerprint density at radius 2 is 2.16 bits per heavy atom. The molecule has 2 rings (SSSR count). The van der Waals surface area contributed by atoms with Crippen molar-refractivity contribution < 1.29 is 4.79 Å². The number of aromatic amines is 1. The number of aromatic nitrogens is 4. The number of hydrogen-bond acceptors (Lipinski definition) is 4. The Bertz CT molecular complexity index is 723. The van der Waals surface area contributed by atoms with Crippen LogP contribution in [-0.4, -0.2) is 25.1 Å². The van der Waals surface area contributed by atoms with E-state index in [1.54, 1.807) is 17.9 Å². The van der Waals surface area contributed by atoms with Crippen molar-refractivity contribution in [3.8, 4) is 0 Å². The van der Waals surface area contributed by atoms with Crippen LogP contribution < -0.4 is 11.2 Å². The molecule has 1 N–H and O–H groups in total. The number of H-pyrrole nitrogens is 1. The first-order valence-corrected chi connectivity index (χ1v) is 5.80. The van der Waals surface area contributed by atoms with E-state index in [-0.39, 0.29) is 17.9 Å². The Kier molecular flexibility index (Phi) is 3.46. The molecule has 7 heteroatoms. The van der Waals surface area contributed by atoms with Crippen LogP contribution in [0.5, 0.6) is 0 Å². The fourth-order valence-electron chi connectivity index (χ4n) is 1.81. The molecule has 0 bridgehead atoms. The highest BCUT2D eigenvalue weighted by atomic mass is 16.2. The number of ketones is 1. The lowest BCUT2D eigenvalue weighted by atomic mass is 10.2. The highest BCUT2D eigenvalue weighted by Gasteiger charge is 2.11. The normalized spacial score (nSPS) is 10.6. The maximum absolute atomic E-state index is 12.0. The van der Waals surface area contributed by atoms with Crippen LogP contribution in [0.2, 0.25) is 0 Å². The predicted molar refractivity (Wildman–Crippen MR) is 68.2 cm³/mol. The van der Waals surface area contributed by atoms with E-state index >= 15 is 0 Å². The van der Waals surface area contributed by atoms with Crippen LogP contribution in [0.15, 0.2) is 28.2 Å². The Hall–Kier alpha value is -2.44. The topological polar surface area (TPSA) is 89.8 Å². The summed E-state index contributed by atoms with van der Waals surface area (Å²) in [6.07, 6.45) is 5.15. The summed E-state index contributed by atoms with van der Waals surface area (Å²) < 4.78 is 2.68. The number of rotatable bonds is 4. The molecule has 0 aliphatic rings. The van der Waals surface area contributed by atoms with Gasteiger partial charge >= 0.3 is 5.69 Å². The molecule has 0 aliphatic heterocycles. The summed E-state index contributed by atoms with van der Waals surface area (Å²) in [7, 11) is 1.79. The zero-order valence-electron chi connectivity index (χ0n) is 10.7. The molecule has 0 atom stereocenters. The van der Waals surface area contributed by atoms with E-state index in [1.165, 1.54) is 6.92 Å². The molecule has 0 aromatic carbocycles. The number of aryl methyl sites for hydroxylation is 2. The lowest BCUT2D eigenvalue weighted by Crippen LogP contribution is -2.38. The van der Waals surface area contributed by atoms with Gasteiger partial charge in [0.15, 0.2) is 5.78 Å². The van der Waals surface area contributed by atoms with Gasteiger partial charge in [-0.05, 0) is 18.9 Å². The van der Waals surface area contributed by atoms with Gasteiger partial charge < -0.3 is 4.98 Å². The minimum absolute atomic E-state index is 0.00853. The van der Waals surface area contributed by atoms with Gasteiger partial charge in [-0.15, -0.1) is 0 Å². The minimum atomic E-state index is -0.555. The average molecular weight is 262 g/mol. The van der Waals surface area contributed by atoms with Crippen molar-refractivity contribution >= 4 is 5.78 Å². The zero-order valence-corrected chi connectivity index (χ0v) is 10.7. The number of carbonyl (C=O) groups excluding carboxylic acids is 1. The maximum atomic E-state index is 12.0. The van der Waals surface area contributed by atoms with E-state index in [4.69, 9.17) is 0 Å². The molecule has 0 amide bonds. The van der Waals surface area contributed by atoms with Gasteiger partial charge in [0.1, 0.15) is 0 Å². The molecule has 0 spiro atoms. The summed E-state index contributed by atoms with van der Waals surface area (Å²) in [5, 5.41) is 4.01. The molecule has 0 saturated carbocycles. The first-order valence-electron chi connectivity index (χ1n) is 5.80. The molecular formula is C12H14N4O3. The number of nitrogens with one attached hydrogen (secondary N) is 1. The van der Waals surface area contributed by atoms with Crippen molar-refractivity contribution in [3.63, 3.8) is 0 Å². The largest absolute Gasteiger partial charge is 0.328 e. The summed E-state index contributed by atoms with van der Waals surface area (Å²) in [6, 6.07) is 0. The van der Waals surface area contributed by atoms with E-state index in [0.29, 0.717) is 6.42 Å². The van der Waals surface area contributed by atoms with Crippen LogP contribution in [0.25, 0.3) is 0 Å². The maximum Gasteiger partial charge on any atom is 0.328 e. The molecule has 7 nitrogen and oxygen atoms in total. The fraction of sp³-hybridized carbons (Fsp3) is 0.333. The minimum Gasteiger partial charge on any atom is -0.313 e. The molecule has 0 aliphatic carbocycles. The Morgan fingerprint density at radius 1 is 1.42 bits per heavy atom. The quantitative estimate of drug-likeness (QED) is 0.767. The van der Waals surface area contributed by atoms with Crippen molar-refractivity contribution in [2.24, 2.45) is 7.05 Å². The number of carbonyl (C=O) groups is 1. The molecule has 0 fully saturated rings. The van der Waals surface area contributed by atoms with E-state index in [2.05, 4.69) is 10.1 Å². The van der Waals surface area contributed by atoms with Gasteiger partial charge in [0.05, 0.1) is 11.8 Å². The highest BCUT2D eigenvalue weighted by Crippen LogP contribution is 1.98. The molecule has 19 heavy (non-hydrogen) atoms. The Balaban J connectivity index is 2.30. The monoisotopic (exact) mass is 262 g/mol. The van der Waals surface area contributed by atoms with Crippen LogP contribution in [-0.2, 0) is 20.0 Å². The van der Waals surface area contributed by atoms with Gasteiger partial charge in [-0.25, -0.2) is 4.79 Å². The Labute approximate surface area is 108 Å². The number of Topliss-reactive ketones (excluding diaryl/α,β-unsaturated/α-hetero) is 1. The highest BCUT2D eigenvalue weighted by molar-refractivity contribution is 5.93. The van der Waals surface area contributed by atoms with Crippen molar-refractivity contribution in [2.75, 3.05) is 0 Å². The van der Waals surface area contributed by atoms with Crippen LogP contribution in [0.1, 0.15) is 22.8 Å². The summed E-state index contributed by atoms with van der Waals surface area (Å²) in [5.41, 5.74) is -0.160. The standard InChI is InChI=1S/C12H14N4O3/c1-8(17)10-6-13-12(19)16(11(10)18)4-3-9-5-14-15(2)7-9/h5-7H,3-4H2,1-2H3,(H,13,19). The number of hydrogen-bond donors (Lipinski definition) is 1. The second-order valence-electron chi connectivity index (χ2n) is 4.29. The summed E-state index contributed by atoms with van der Waals surface area (Å²) >= 11 is 0. The summed E-state index contributed by atoms with van der Waals surface area (Å²) in [5.74, 6) is -0.364. The average Bonchev–Trinajstić information content (AvgIpc) is 2.74. The van der Waals surface area contributed by atoms with Crippen molar-refractivity contribution in [1.29, 1.82) is 0 Å². The predicted octanol–water partition coefficient (Wildman–Crippen LogP) is -0.285. The van der Waals surface area contributed by atoms with Crippen molar-refractivity contribution in [1.82, 2.24) is 19.3 Å². The smallest absolute Gasteiger partial charge is 0.313 e. The molecule has 100 valence electrons. The zero-order chi connectivity index (χ0) is 14.0. The number of nitrogens with zero attached hydrogens (tertiary/aromatic N) is 3. The van der Waals surface area contributed by atoms with Crippen molar-refractivity contribution in [3.05, 3.63) is 50.6 Å². The van der Waals surface area contributed by atoms with Crippen LogP contribution >= 0.6 is 0 Å². The van der Waals surface area contributed by atoms with Gasteiger partial charge in [0.25, 0.3) is 5.56 Å². The van der Waals surface area contributed by atoms with E-state index in [0.717, 1.165) is 16.3 Å². The summed E-state index contributed by atoms with van der Waals surface area (Å²) in [4.78, 5) is 37.2. The molecule has 2 aromatic rings. The second kappa shape index (κ2) is 5.05. The summed E-state index contributed by atoms with van der Waals surface area (Å²) in [6.45, 7) is 1.50. The lowest BCUT2D eigenvalue weighted by Gasteiger charge is -2.04. The third-order valence-electron chi connectivity index (χ3n) is 2.82. The third kappa shape index (κ3) is 2.70. The third-order valence-corrected chi connectivity index (χ3v) is 2.82. The fourth-order valence-corrected chi connectivity index (χ4v) is 1.81. The van der Waals surface area contributed by atoms with Gasteiger partial charge in [0, 0.05) is 26.0 Å². The molecule has 0 unspecified atom stereocenters. The molecular weight excluding hydrogens is 248 g/mol. The lowest BCUT2D eigenvalue weighted by molar-refractivity contribution is 0.101. The van der Waals surface area contributed by atoms with E-state index < -0.39 is 11.2 Å². The molecule has 2 aromatic heterocycles. The van der Waals surface area contributed by atoms with E-state index in [1.807, 2.05) is 6.20 Å². The van der Waals surface area contributed by atoms with Crippen LogP contribution in [0, 0.1) is 0 Å². The van der Waals surface area contributed by atoms with Crippen LogP contribution in [0.3, 0.4) is 0 Å². The van der Waals surface area contributed by atoms with Crippen molar-refractivity contribution in [2.45, 2.75) is 19.9 Å². The SMILES string of the molecule is CC(=O)c1c[nH]c(=O)n(CCc2cnn(C)c2)c1=O. The van der Waals surface area contributed by atoms with E-state index in [9.17, 15) is 14.4 Å². The first kappa shape index (κ1) is 13.0. The van der Waals surface area contributed by atoms with Gasteiger partial charge in [-0.1, -0.05) is 0 Å². The van der Waals surface area contributed by atoms with Gasteiger partial charge in [-0.2, -0.15) is 5.10 Å². The molecule has 0 saturated heterocycles. The molecule has 0 radical (unpaired) electrons. The Morgan fingerprint density at radius 3 is 2.74 bits per heavy atom. The van der Waals surface area contributed by atoms with Crippen LogP contribution in [0.4, 0.5) is 0 Å². The van der Waals surface area contributed by atoms with Gasteiger partial charge in [0.2, 0.25) is 0 Å². The molecule has 2 heterocycles. The van der Waals surface area contributed by atoms with Gasteiger partial charge in [-0.3, -0.25) is 18.8 Å². The first-order chi connectivity index (χ1) is 8.99.